The molecule has 1 aromatic carbocycles. The molecule has 0 aliphatic rings. The van der Waals surface area contributed by atoms with Crippen LogP contribution < -0.4 is 5.56 Å². The Morgan fingerprint density at radius 3 is 2.81 bits per heavy atom. The summed E-state index contributed by atoms with van der Waals surface area (Å²) < 4.78 is 0. The fraction of sp³-hybridized carbons (Fsp3) is 0.0833. The van der Waals surface area contributed by atoms with Crippen LogP contribution in [0, 0.1) is 6.92 Å². The zero-order valence-electron chi connectivity index (χ0n) is 8.69. The lowest BCUT2D eigenvalue weighted by Crippen LogP contribution is -2.09. The number of hydrogen-bond acceptors (Lipinski definition) is 3. The van der Waals surface area contributed by atoms with Crippen LogP contribution in [0.1, 0.15) is 5.69 Å². The second-order valence-corrected chi connectivity index (χ2v) is 3.75. The summed E-state index contributed by atoms with van der Waals surface area (Å²) in [5, 5.41) is 9.69. The first-order valence-electron chi connectivity index (χ1n) is 5.01. The lowest BCUT2D eigenvalue weighted by molar-refractivity contribution is 1.01. The maximum atomic E-state index is 11.7. The minimum absolute atomic E-state index is 0.193. The van der Waals surface area contributed by atoms with Crippen molar-refractivity contribution in [1.82, 2.24) is 15.2 Å². The first-order valence-corrected chi connectivity index (χ1v) is 5.01. The van der Waals surface area contributed by atoms with Gasteiger partial charge in [-0.15, -0.1) is 5.10 Å². The number of para-hydroxylation sites is 1. The zero-order valence-corrected chi connectivity index (χ0v) is 8.69. The third kappa shape index (κ3) is 1.20. The van der Waals surface area contributed by atoms with Crippen LogP contribution in [0.25, 0.3) is 21.8 Å². The minimum atomic E-state index is -0.193. The van der Waals surface area contributed by atoms with E-state index in [-0.39, 0.29) is 5.56 Å². The van der Waals surface area contributed by atoms with E-state index in [1.807, 2.05) is 37.3 Å². The minimum Gasteiger partial charge on any atom is -0.320 e. The van der Waals surface area contributed by atoms with Crippen molar-refractivity contribution in [2.45, 2.75) is 6.92 Å². The number of aromatic amines is 1. The van der Waals surface area contributed by atoms with E-state index in [2.05, 4.69) is 15.2 Å². The van der Waals surface area contributed by atoms with Crippen LogP contribution >= 0.6 is 0 Å². The largest absolute Gasteiger partial charge is 0.320 e. The maximum Gasteiger partial charge on any atom is 0.276 e. The number of hydrogen-bond donors (Lipinski definition) is 1. The Morgan fingerprint density at radius 1 is 1.12 bits per heavy atom. The maximum absolute atomic E-state index is 11.7. The molecule has 0 amide bonds. The van der Waals surface area contributed by atoms with Crippen LogP contribution in [-0.4, -0.2) is 15.2 Å². The summed E-state index contributed by atoms with van der Waals surface area (Å²) in [7, 11) is 0. The van der Waals surface area contributed by atoms with Crippen molar-refractivity contribution in [2.75, 3.05) is 0 Å². The van der Waals surface area contributed by atoms with Gasteiger partial charge in [-0.1, -0.05) is 18.2 Å². The highest BCUT2D eigenvalue weighted by molar-refractivity contribution is 6.03. The molecule has 16 heavy (non-hydrogen) atoms. The Kier molecular flexibility index (Phi) is 1.77. The van der Waals surface area contributed by atoms with Gasteiger partial charge in [-0.05, 0) is 19.1 Å². The quantitative estimate of drug-likeness (QED) is 0.576. The molecule has 3 rings (SSSR count). The first-order chi connectivity index (χ1) is 7.75. The highest BCUT2D eigenvalue weighted by Crippen LogP contribution is 2.19. The average molecular weight is 211 g/mol. The number of nitrogens with zero attached hydrogens (tertiary/aromatic N) is 2. The molecule has 0 saturated carbocycles. The number of aromatic nitrogens is 3. The first kappa shape index (κ1) is 9.03. The zero-order chi connectivity index (χ0) is 11.1. The predicted octanol–water partition coefficient (Wildman–Crippen LogP) is 1.78. The van der Waals surface area contributed by atoms with E-state index in [4.69, 9.17) is 0 Å². The number of pyridine rings is 1. The van der Waals surface area contributed by atoms with Crippen molar-refractivity contribution in [1.29, 1.82) is 0 Å². The molecule has 2 heterocycles. The molecular formula is C12H9N3O. The SMILES string of the molecule is Cc1cc2c(nn1)c(=O)[nH]c1ccccc12. The van der Waals surface area contributed by atoms with Gasteiger partial charge in [0.15, 0.2) is 5.52 Å². The molecule has 2 aromatic heterocycles. The summed E-state index contributed by atoms with van der Waals surface area (Å²) in [4.78, 5) is 14.5. The van der Waals surface area contributed by atoms with Gasteiger partial charge < -0.3 is 4.98 Å². The van der Waals surface area contributed by atoms with E-state index in [9.17, 15) is 4.79 Å². The molecule has 4 nitrogen and oxygen atoms in total. The van der Waals surface area contributed by atoms with E-state index >= 15 is 0 Å². The van der Waals surface area contributed by atoms with Gasteiger partial charge in [-0.2, -0.15) is 5.10 Å². The topological polar surface area (TPSA) is 58.6 Å². The van der Waals surface area contributed by atoms with Crippen LogP contribution in [0.2, 0.25) is 0 Å². The molecule has 0 radical (unpaired) electrons. The van der Waals surface area contributed by atoms with E-state index in [1.54, 1.807) is 0 Å². The van der Waals surface area contributed by atoms with Gasteiger partial charge in [-0.25, -0.2) is 0 Å². The summed E-state index contributed by atoms with van der Waals surface area (Å²) in [5.74, 6) is 0. The molecule has 4 heteroatoms. The van der Waals surface area contributed by atoms with Crippen molar-refractivity contribution < 1.29 is 0 Å². The Balaban J connectivity index is 2.67. The second kappa shape index (κ2) is 3.13. The van der Waals surface area contributed by atoms with Crippen LogP contribution in [-0.2, 0) is 0 Å². The standard InChI is InChI=1S/C12H9N3O/c1-7-6-9-8-4-2-3-5-10(8)13-12(16)11(9)15-14-7/h2-6H,1H3,(H,13,16). The van der Waals surface area contributed by atoms with Gasteiger partial charge in [0, 0.05) is 16.3 Å². The Morgan fingerprint density at radius 2 is 1.94 bits per heavy atom. The average Bonchev–Trinajstić information content (AvgIpc) is 2.29. The molecular weight excluding hydrogens is 202 g/mol. The molecule has 0 spiro atoms. The predicted molar refractivity (Wildman–Crippen MR) is 62.4 cm³/mol. The van der Waals surface area contributed by atoms with Gasteiger partial charge in [0.1, 0.15) is 0 Å². The fourth-order valence-electron chi connectivity index (χ4n) is 1.87. The van der Waals surface area contributed by atoms with Crippen molar-refractivity contribution in [2.24, 2.45) is 0 Å². The molecule has 78 valence electrons. The molecule has 0 bridgehead atoms. The van der Waals surface area contributed by atoms with Gasteiger partial charge in [0.05, 0.1) is 5.69 Å². The van der Waals surface area contributed by atoms with Crippen LogP contribution in [0.3, 0.4) is 0 Å². The number of aryl methyl sites for hydroxylation is 1. The Labute approximate surface area is 90.9 Å². The number of H-pyrrole nitrogens is 1. The van der Waals surface area contributed by atoms with Gasteiger partial charge in [0.25, 0.3) is 5.56 Å². The molecule has 0 fully saturated rings. The molecule has 0 aliphatic heterocycles. The number of nitrogens with one attached hydrogen (secondary N) is 1. The van der Waals surface area contributed by atoms with Crippen LogP contribution in [0.4, 0.5) is 0 Å². The van der Waals surface area contributed by atoms with E-state index in [1.165, 1.54) is 0 Å². The fourth-order valence-corrected chi connectivity index (χ4v) is 1.87. The molecule has 0 unspecified atom stereocenters. The summed E-state index contributed by atoms with van der Waals surface area (Å²) in [6, 6.07) is 9.57. The van der Waals surface area contributed by atoms with Crippen molar-refractivity contribution in [3.05, 3.63) is 46.4 Å². The van der Waals surface area contributed by atoms with E-state index in [0.29, 0.717) is 5.52 Å². The molecule has 1 N–H and O–H groups in total. The summed E-state index contributed by atoms with van der Waals surface area (Å²) >= 11 is 0. The van der Waals surface area contributed by atoms with Crippen molar-refractivity contribution >= 4 is 21.8 Å². The highest BCUT2D eigenvalue weighted by Gasteiger charge is 2.06. The lowest BCUT2D eigenvalue weighted by Gasteiger charge is -2.02. The Hall–Kier alpha value is -2.23. The second-order valence-electron chi connectivity index (χ2n) is 3.75. The lowest BCUT2D eigenvalue weighted by atomic mass is 10.1. The summed E-state index contributed by atoms with van der Waals surface area (Å²) in [6.45, 7) is 1.86. The van der Waals surface area contributed by atoms with Gasteiger partial charge in [0.2, 0.25) is 0 Å². The third-order valence-electron chi connectivity index (χ3n) is 2.60. The van der Waals surface area contributed by atoms with Crippen LogP contribution in [0.5, 0.6) is 0 Å². The van der Waals surface area contributed by atoms with Gasteiger partial charge in [-0.3, -0.25) is 4.79 Å². The third-order valence-corrected chi connectivity index (χ3v) is 2.60. The Bertz CT molecular complexity index is 746. The van der Waals surface area contributed by atoms with Crippen molar-refractivity contribution in [3.8, 4) is 0 Å². The molecule has 3 aromatic rings. The molecule has 0 atom stereocenters. The summed E-state index contributed by atoms with van der Waals surface area (Å²) in [5.41, 5.74) is 1.83. The normalized spacial score (nSPS) is 11.1. The van der Waals surface area contributed by atoms with E-state index < -0.39 is 0 Å². The number of fused-ring (bicyclic) bond motifs is 3. The van der Waals surface area contributed by atoms with E-state index in [0.717, 1.165) is 22.0 Å². The number of benzene rings is 1. The monoisotopic (exact) mass is 211 g/mol. The summed E-state index contributed by atoms with van der Waals surface area (Å²) in [6.07, 6.45) is 0. The molecule has 0 aliphatic carbocycles. The van der Waals surface area contributed by atoms with Gasteiger partial charge >= 0.3 is 0 Å². The van der Waals surface area contributed by atoms with Crippen molar-refractivity contribution in [3.63, 3.8) is 0 Å². The highest BCUT2D eigenvalue weighted by atomic mass is 16.1. The molecule has 0 saturated heterocycles. The van der Waals surface area contributed by atoms with Crippen LogP contribution in [0.15, 0.2) is 35.1 Å². The number of rotatable bonds is 0. The smallest absolute Gasteiger partial charge is 0.276 e.